The van der Waals surface area contributed by atoms with Gasteiger partial charge in [0.15, 0.2) is 0 Å². The van der Waals surface area contributed by atoms with Crippen molar-refractivity contribution < 1.29 is 28.9 Å². The van der Waals surface area contributed by atoms with E-state index in [4.69, 9.17) is 25.8 Å². The second-order valence-electron chi connectivity index (χ2n) is 8.17. The Morgan fingerprint density at radius 3 is 1.89 bits per heavy atom. The molecule has 37 heavy (non-hydrogen) atoms. The Morgan fingerprint density at radius 2 is 1.32 bits per heavy atom. The summed E-state index contributed by atoms with van der Waals surface area (Å²) in [6, 6.07) is 17.9. The van der Waals surface area contributed by atoms with E-state index in [2.05, 4.69) is 0 Å². The summed E-state index contributed by atoms with van der Waals surface area (Å²) in [4.78, 5) is 28.2. The molecule has 1 saturated heterocycles. The monoisotopic (exact) mass is 521 g/mol. The summed E-state index contributed by atoms with van der Waals surface area (Å²) < 4.78 is 16.6. The van der Waals surface area contributed by atoms with Gasteiger partial charge >= 0.3 is 0 Å². The molecule has 0 aliphatic carbocycles. The van der Waals surface area contributed by atoms with Crippen LogP contribution >= 0.6 is 11.6 Å². The van der Waals surface area contributed by atoms with Crippen molar-refractivity contribution in [2.75, 3.05) is 24.7 Å². The van der Waals surface area contributed by atoms with Crippen LogP contribution in [0.25, 0.3) is 5.76 Å². The van der Waals surface area contributed by atoms with Gasteiger partial charge in [-0.1, -0.05) is 23.7 Å². The number of carbonyl (C=O) groups excluding carboxylic acids is 2. The molecule has 1 aliphatic rings. The van der Waals surface area contributed by atoms with Gasteiger partial charge in [0.2, 0.25) is 0 Å². The highest BCUT2D eigenvalue weighted by Gasteiger charge is 2.47. The van der Waals surface area contributed by atoms with Crippen LogP contribution in [0.4, 0.5) is 5.69 Å². The van der Waals surface area contributed by atoms with Crippen molar-refractivity contribution in [2.24, 2.45) is 0 Å². The van der Waals surface area contributed by atoms with Gasteiger partial charge < -0.3 is 19.3 Å². The van der Waals surface area contributed by atoms with E-state index >= 15 is 0 Å². The topological polar surface area (TPSA) is 85.3 Å². The van der Waals surface area contributed by atoms with E-state index in [9.17, 15) is 14.7 Å². The predicted molar refractivity (Wildman–Crippen MR) is 143 cm³/mol. The van der Waals surface area contributed by atoms with Crippen LogP contribution in [0, 0.1) is 0 Å². The first-order chi connectivity index (χ1) is 17.9. The molecule has 1 fully saturated rings. The molecular weight excluding hydrogens is 494 g/mol. The Balaban J connectivity index is 1.89. The molecule has 8 heteroatoms. The zero-order valence-corrected chi connectivity index (χ0v) is 21.6. The van der Waals surface area contributed by atoms with E-state index in [-0.39, 0.29) is 21.9 Å². The molecule has 0 spiro atoms. The van der Waals surface area contributed by atoms with Gasteiger partial charge in [-0.15, -0.1) is 0 Å². The molecule has 0 radical (unpaired) electrons. The minimum absolute atomic E-state index is 0.0707. The molecule has 1 aliphatic heterocycles. The van der Waals surface area contributed by atoms with Crippen molar-refractivity contribution >= 4 is 34.7 Å². The Kier molecular flexibility index (Phi) is 8.04. The van der Waals surface area contributed by atoms with E-state index in [1.165, 1.54) is 4.90 Å². The van der Waals surface area contributed by atoms with Crippen LogP contribution < -0.4 is 19.1 Å². The van der Waals surface area contributed by atoms with Gasteiger partial charge in [0.25, 0.3) is 11.7 Å². The smallest absolute Gasteiger partial charge is 0.300 e. The number of nitrogens with zero attached hydrogens (tertiary/aromatic N) is 1. The molecule has 192 valence electrons. The van der Waals surface area contributed by atoms with E-state index in [1.807, 2.05) is 20.8 Å². The first-order valence-electron chi connectivity index (χ1n) is 12.1. The number of aliphatic hydroxyl groups is 1. The number of Topliss-reactive ketones (excluding diaryl/α,β-unsaturated/α-hetero) is 1. The molecule has 0 bridgehead atoms. The van der Waals surface area contributed by atoms with Gasteiger partial charge in [-0.3, -0.25) is 14.5 Å². The molecule has 1 amide bonds. The number of aliphatic hydroxyl groups excluding tert-OH is 1. The normalized spacial score (nSPS) is 16.6. The summed E-state index contributed by atoms with van der Waals surface area (Å²) in [5.41, 5.74) is 1.24. The number of hydrogen-bond donors (Lipinski definition) is 1. The van der Waals surface area contributed by atoms with Crippen molar-refractivity contribution in [3.63, 3.8) is 0 Å². The lowest BCUT2D eigenvalue weighted by Crippen LogP contribution is -2.29. The van der Waals surface area contributed by atoms with Crippen LogP contribution in [0.2, 0.25) is 5.02 Å². The zero-order chi connectivity index (χ0) is 26.5. The summed E-state index contributed by atoms with van der Waals surface area (Å²) in [6.07, 6.45) is 0. The molecule has 7 nitrogen and oxygen atoms in total. The standard InChI is InChI=1S/C29H28ClNO6/c1-4-35-20-11-7-18(8-12-20)26-25(27(32)23-17-22(37-6-3)15-16-24(23)30)28(33)29(34)31(26)19-9-13-21(14-10-19)36-5-2/h7-17,26,32H,4-6H2,1-3H3/b27-25+. The highest BCUT2D eigenvalue weighted by atomic mass is 35.5. The number of rotatable bonds is 9. The second-order valence-corrected chi connectivity index (χ2v) is 8.58. The van der Waals surface area contributed by atoms with E-state index in [0.29, 0.717) is 48.3 Å². The van der Waals surface area contributed by atoms with Crippen LogP contribution in [0.1, 0.15) is 37.9 Å². The van der Waals surface area contributed by atoms with Crippen molar-refractivity contribution in [1.29, 1.82) is 0 Å². The quantitative estimate of drug-likeness (QED) is 0.206. The number of ether oxygens (including phenoxy) is 3. The lowest BCUT2D eigenvalue weighted by molar-refractivity contribution is -0.132. The molecule has 1 heterocycles. The summed E-state index contributed by atoms with van der Waals surface area (Å²) in [5, 5.41) is 11.6. The Bertz CT molecular complexity index is 1320. The van der Waals surface area contributed by atoms with Gasteiger partial charge in [0.1, 0.15) is 23.0 Å². The fourth-order valence-corrected chi connectivity index (χ4v) is 4.49. The lowest BCUT2D eigenvalue weighted by Gasteiger charge is -2.26. The van der Waals surface area contributed by atoms with Crippen molar-refractivity contribution in [2.45, 2.75) is 26.8 Å². The van der Waals surface area contributed by atoms with E-state index < -0.39 is 17.7 Å². The van der Waals surface area contributed by atoms with E-state index in [1.54, 1.807) is 66.7 Å². The van der Waals surface area contributed by atoms with Crippen LogP contribution in [-0.2, 0) is 9.59 Å². The summed E-state index contributed by atoms with van der Waals surface area (Å²) in [7, 11) is 0. The van der Waals surface area contributed by atoms with Crippen molar-refractivity contribution in [3.8, 4) is 17.2 Å². The summed E-state index contributed by atoms with van der Waals surface area (Å²) in [6.45, 7) is 7.01. The molecule has 3 aromatic carbocycles. The summed E-state index contributed by atoms with van der Waals surface area (Å²) in [5.74, 6) is -0.189. The third-order valence-electron chi connectivity index (χ3n) is 5.88. The average Bonchev–Trinajstić information content (AvgIpc) is 3.16. The second kappa shape index (κ2) is 11.4. The van der Waals surface area contributed by atoms with Crippen molar-refractivity contribution in [1.82, 2.24) is 0 Å². The summed E-state index contributed by atoms with van der Waals surface area (Å²) >= 11 is 6.41. The first-order valence-corrected chi connectivity index (χ1v) is 12.5. The van der Waals surface area contributed by atoms with Crippen LogP contribution in [0.15, 0.2) is 72.3 Å². The fourth-order valence-electron chi connectivity index (χ4n) is 4.28. The number of halogens is 1. The minimum atomic E-state index is -0.902. The number of hydrogen-bond acceptors (Lipinski definition) is 6. The number of anilines is 1. The largest absolute Gasteiger partial charge is 0.507 e. The molecular formula is C29H28ClNO6. The minimum Gasteiger partial charge on any atom is -0.507 e. The Labute approximate surface area is 220 Å². The SMILES string of the molecule is CCOc1ccc(C2/C(=C(\O)c3cc(OCC)ccc3Cl)C(=O)C(=O)N2c2ccc(OCC)cc2)cc1. The third-order valence-corrected chi connectivity index (χ3v) is 6.21. The predicted octanol–water partition coefficient (Wildman–Crippen LogP) is 6.16. The number of benzene rings is 3. The maximum atomic E-state index is 13.4. The Hall–Kier alpha value is -3.97. The first kappa shape index (κ1) is 26.1. The van der Waals surface area contributed by atoms with E-state index in [0.717, 1.165) is 0 Å². The average molecular weight is 522 g/mol. The highest BCUT2D eigenvalue weighted by Crippen LogP contribution is 2.44. The highest BCUT2D eigenvalue weighted by molar-refractivity contribution is 6.52. The molecule has 3 aromatic rings. The molecule has 0 aromatic heterocycles. The van der Waals surface area contributed by atoms with Gasteiger partial charge in [0, 0.05) is 11.3 Å². The number of amides is 1. The lowest BCUT2D eigenvalue weighted by atomic mass is 9.95. The molecule has 1 atom stereocenters. The zero-order valence-electron chi connectivity index (χ0n) is 20.9. The number of carbonyl (C=O) groups is 2. The maximum Gasteiger partial charge on any atom is 0.300 e. The van der Waals surface area contributed by atoms with Crippen LogP contribution in [0.5, 0.6) is 17.2 Å². The molecule has 1 N–H and O–H groups in total. The van der Waals surface area contributed by atoms with Gasteiger partial charge in [-0.25, -0.2) is 0 Å². The third kappa shape index (κ3) is 5.27. The van der Waals surface area contributed by atoms with Crippen LogP contribution in [-0.4, -0.2) is 36.6 Å². The fraction of sp³-hybridized carbons (Fsp3) is 0.241. The van der Waals surface area contributed by atoms with Gasteiger partial charge in [0.05, 0.1) is 36.5 Å². The molecule has 0 saturated carbocycles. The van der Waals surface area contributed by atoms with Gasteiger partial charge in [-0.05, 0) is 80.9 Å². The van der Waals surface area contributed by atoms with Gasteiger partial charge in [-0.2, -0.15) is 0 Å². The Morgan fingerprint density at radius 1 is 0.811 bits per heavy atom. The molecule has 1 unspecified atom stereocenters. The van der Waals surface area contributed by atoms with Crippen LogP contribution in [0.3, 0.4) is 0 Å². The van der Waals surface area contributed by atoms with Crippen molar-refractivity contribution in [3.05, 3.63) is 88.5 Å². The maximum absolute atomic E-state index is 13.4. The molecule has 4 rings (SSSR count). The number of ketones is 1.